The van der Waals surface area contributed by atoms with Crippen LogP contribution >= 0.6 is 0 Å². The second kappa shape index (κ2) is 6.01. The molecule has 0 saturated carbocycles. The summed E-state index contributed by atoms with van der Waals surface area (Å²) in [5.74, 6) is 1.24. The third-order valence-corrected chi connectivity index (χ3v) is 2.06. The summed E-state index contributed by atoms with van der Waals surface area (Å²) < 4.78 is 0. The molecule has 0 spiro atoms. The third kappa shape index (κ3) is 4.91. The summed E-state index contributed by atoms with van der Waals surface area (Å²) in [5.41, 5.74) is 0. The monoisotopic (exact) mass is 184 g/mol. The topological polar surface area (TPSA) is 15.6 Å². The SMILES string of the molecule is CCC/C(=N/C(C)C)N(C)C(C)C. The molecule has 13 heavy (non-hydrogen) atoms. The van der Waals surface area contributed by atoms with Crippen LogP contribution in [0.1, 0.15) is 47.5 Å². The Kier molecular flexibility index (Phi) is 5.76. The Morgan fingerprint density at radius 3 is 2.08 bits per heavy atom. The summed E-state index contributed by atoms with van der Waals surface area (Å²) in [5, 5.41) is 0. The molecule has 0 amide bonds. The maximum Gasteiger partial charge on any atom is 0.0991 e. The Bertz CT molecular complexity index is 159. The van der Waals surface area contributed by atoms with E-state index in [0.717, 1.165) is 6.42 Å². The van der Waals surface area contributed by atoms with Crippen LogP contribution in [0.4, 0.5) is 0 Å². The van der Waals surface area contributed by atoms with Crippen molar-refractivity contribution < 1.29 is 0 Å². The van der Waals surface area contributed by atoms with E-state index in [4.69, 9.17) is 0 Å². The summed E-state index contributed by atoms with van der Waals surface area (Å²) in [6, 6.07) is 0.951. The first-order valence-corrected chi connectivity index (χ1v) is 5.28. The van der Waals surface area contributed by atoms with Crippen LogP contribution in [0.25, 0.3) is 0 Å². The molecule has 0 radical (unpaired) electrons. The maximum absolute atomic E-state index is 4.63. The van der Waals surface area contributed by atoms with Gasteiger partial charge in [-0.3, -0.25) is 4.99 Å². The van der Waals surface area contributed by atoms with Gasteiger partial charge in [-0.1, -0.05) is 6.92 Å². The normalized spacial score (nSPS) is 12.8. The van der Waals surface area contributed by atoms with Crippen LogP contribution in [-0.4, -0.2) is 29.9 Å². The largest absolute Gasteiger partial charge is 0.361 e. The summed E-state index contributed by atoms with van der Waals surface area (Å²) in [7, 11) is 2.13. The van der Waals surface area contributed by atoms with Gasteiger partial charge in [0.15, 0.2) is 0 Å². The van der Waals surface area contributed by atoms with E-state index < -0.39 is 0 Å². The van der Waals surface area contributed by atoms with E-state index >= 15 is 0 Å². The van der Waals surface area contributed by atoms with Crippen molar-refractivity contribution in [3.05, 3.63) is 0 Å². The van der Waals surface area contributed by atoms with Crippen LogP contribution < -0.4 is 0 Å². The molecule has 2 nitrogen and oxygen atoms in total. The van der Waals surface area contributed by atoms with Gasteiger partial charge in [0.2, 0.25) is 0 Å². The third-order valence-electron chi connectivity index (χ3n) is 2.06. The molecule has 0 saturated heterocycles. The fraction of sp³-hybridized carbons (Fsp3) is 0.909. The molecule has 0 atom stereocenters. The minimum atomic E-state index is 0.405. The molecule has 0 aliphatic carbocycles. The number of rotatable bonds is 4. The molecule has 0 unspecified atom stereocenters. The Balaban J connectivity index is 4.40. The van der Waals surface area contributed by atoms with Crippen LogP contribution in [-0.2, 0) is 0 Å². The van der Waals surface area contributed by atoms with Gasteiger partial charge in [0.1, 0.15) is 0 Å². The molecule has 0 aromatic rings. The van der Waals surface area contributed by atoms with Crippen LogP contribution in [0.15, 0.2) is 4.99 Å². The van der Waals surface area contributed by atoms with E-state index in [0.29, 0.717) is 12.1 Å². The smallest absolute Gasteiger partial charge is 0.0991 e. The highest BCUT2D eigenvalue weighted by Crippen LogP contribution is 2.04. The molecule has 0 aromatic carbocycles. The van der Waals surface area contributed by atoms with Crippen molar-refractivity contribution >= 4 is 5.84 Å². The molecule has 2 heteroatoms. The van der Waals surface area contributed by atoms with Crippen LogP contribution in [0.3, 0.4) is 0 Å². The first-order valence-electron chi connectivity index (χ1n) is 5.28. The molecule has 0 aromatic heterocycles. The summed E-state index contributed by atoms with van der Waals surface area (Å²) >= 11 is 0. The minimum absolute atomic E-state index is 0.405. The van der Waals surface area contributed by atoms with Crippen molar-refractivity contribution in [3.63, 3.8) is 0 Å². The molecule has 0 heterocycles. The van der Waals surface area contributed by atoms with E-state index in [1.165, 1.54) is 12.3 Å². The van der Waals surface area contributed by atoms with E-state index in [1.807, 2.05) is 0 Å². The molecule has 0 aliphatic heterocycles. The first kappa shape index (κ1) is 12.5. The van der Waals surface area contributed by atoms with E-state index in [9.17, 15) is 0 Å². The lowest BCUT2D eigenvalue weighted by molar-refractivity contribution is 0.405. The highest BCUT2D eigenvalue weighted by atomic mass is 15.2. The second-order valence-electron chi connectivity index (χ2n) is 4.09. The van der Waals surface area contributed by atoms with Gasteiger partial charge < -0.3 is 4.90 Å². The first-order chi connectivity index (χ1) is 5.99. The van der Waals surface area contributed by atoms with Crippen molar-refractivity contribution in [1.82, 2.24) is 4.90 Å². The quantitative estimate of drug-likeness (QED) is 0.484. The molecule has 0 rings (SSSR count). The van der Waals surface area contributed by atoms with E-state index in [2.05, 4.69) is 51.6 Å². The fourth-order valence-electron chi connectivity index (χ4n) is 1.15. The van der Waals surface area contributed by atoms with Crippen LogP contribution in [0.5, 0.6) is 0 Å². The van der Waals surface area contributed by atoms with Gasteiger partial charge in [-0.05, 0) is 34.1 Å². The zero-order valence-electron chi connectivity index (χ0n) is 9.96. The number of hydrogen-bond acceptors (Lipinski definition) is 1. The van der Waals surface area contributed by atoms with Gasteiger partial charge in [0.05, 0.1) is 5.84 Å². The van der Waals surface area contributed by atoms with E-state index in [1.54, 1.807) is 0 Å². The predicted octanol–water partition coefficient (Wildman–Crippen LogP) is 2.93. The maximum atomic E-state index is 4.63. The van der Waals surface area contributed by atoms with Gasteiger partial charge in [0, 0.05) is 25.6 Å². The Morgan fingerprint density at radius 1 is 1.23 bits per heavy atom. The lowest BCUT2D eigenvalue weighted by Crippen LogP contribution is -2.33. The van der Waals surface area contributed by atoms with Crippen LogP contribution in [0.2, 0.25) is 0 Å². The van der Waals surface area contributed by atoms with Crippen molar-refractivity contribution in [2.45, 2.75) is 59.5 Å². The fourth-order valence-corrected chi connectivity index (χ4v) is 1.15. The molecule has 78 valence electrons. The minimum Gasteiger partial charge on any atom is -0.361 e. The van der Waals surface area contributed by atoms with Crippen LogP contribution in [0, 0.1) is 0 Å². The highest BCUT2D eigenvalue weighted by Gasteiger charge is 2.08. The van der Waals surface area contributed by atoms with Gasteiger partial charge in [-0.2, -0.15) is 0 Å². The molecule has 0 fully saturated rings. The second-order valence-corrected chi connectivity index (χ2v) is 4.09. The average molecular weight is 184 g/mol. The number of nitrogens with zero attached hydrogens (tertiary/aromatic N) is 2. The zero-order valence-corrected chi connectivity index (χ0v) is 9.96. The highest BCUT2D eigenvalue weighted by molar-refractivity contribution is 5.82. The Labute approximate surface area is 83.0 Å². The Hall–Kier alpha value is -0.530. The molecule has 0 bridgehead atoms. The lowest BCUT2D eigenvalue weighted by atomic mass is 10.2. The standard InChI is InChI=1S/C11H24N2/c1-7-8-11(12-9(2)3)13(6)10(4)5/h9-10H,7-8H2,1-6H3/b12-11-. The van der Waals surface area contributed by atoms with Gasteiger partial charge in [-0.15, -0.1) is 0 Å². The van der Waals surface area contributed by atoms with Crippen molar-refractivity contribution in [2.24, 2.45) is 4.99 Å². The average Bonchev–Trinajstić information content (AvgIpc) is 2.01. The van der Waals surface area contributed by atoms with Gasteiger partial charge in [0.25, 0.3) is 0 Å². The van der Waals surface area contributed by atoms with Crippen molar-refractivity contribution in [2.75, 3.05) is 7.05 Å². The van der Waals surface area contributed by atoms with Gasteiger partial charge in [-0.25, -0.2) is 0 Å². The summed E-state index contributed by atoms with van der Waals surface area (Å²) in [6.07, 6.45) is 2.26. The Morgan fingerprint density at radius 2 is 1.77 bits per heavy atom. The number of hydrogen-bond donors (Lipinski definition) is 0. The summed E-state index contributed by atoms with van der Waals surface area (Å²) in [6.45, 7) is 10.9. The number of amidine groups is 1. The van der Waals surface area contributed by atoms with E-state index in [-0.39, 0.29) is 0 Å². The molecular weight excluding hydrogens is 160 g/mol. The summed E-state index contributed by atoms with van der Waals surface area (Å²) in [4.78, 5) is 6.90. The zero-order chi connectivity index (χ0) is 10.4. The lowest BCUT2D eigenvalue weighted by Gasteiger charge is -2.26. The van der Waals surface area contributed by atoms with Gasteiger partial charge >= 0.3 is 0 Å². The van der Waals surface area contributed by atoms with Crippen molar-refractivity contribution in [1.29, 1.82) is 0 Å². The molecule has 0 aliphatic rings. The van der Waals surface area contributed by atoms with Crippen molar-refractivity contribution in [3.8, 4) is 0 Å². The number of aliphatic imine (C=N–C) groups is 1. The predicted molar refractivity (Wildman–Crippen MR) is 60.4 cm³/mol. The molecule has 0 N–H and O–H groups in total. The molecular formula is C11H24N2.